The second kappa shape index (κ2) is 6.49. The van der Waals surface area contributed by atoms with Gasteiger partial charge < -0.3 is 10.1 Å². The van der Waals surface area contributed by atoms with Crippen LogP contribution in [0.5, 0.6) is 5.75 Å². The molecule has 0 radical (unpaired) electrons. The number of fused-ring (bicyclic) bond motifs is 1. The molecule has 0 aliphatic carbocycles. The summed E-state index contributed by atoms with van der Waals surface area (Å²) in [6.45, 7) is 0.735. The molecule has 2 heterocycles. The number of rotatable bonds is 4. The number of ether oxygens (including phenoxy) is 1. The molecule has 0 atom stereocenters. The van der Waals surface area contributed by atoms with Crippen LogP contribution in [0.3, 0.4) is 0 Å². The number of anilines is 1. The van der Waals surface area contributed by atoms with Crippen LogP contribution in [0.15, 0.2) is 60.0 Å². The normalized spacial score (nSPS) is 12.5. The van der Waals surface area contributed by atoms with E-state index in [1.54, 1.807) is 11.3 Å². The zero-order valence-corrected chi connectivity index (χ0v) is 13.9. The highest BCUT2D eigenvalue weighted by atomic mass is 32.1. The summed E-state index contributed by atoms with van der Waals surface area (Å²) in [5.74, 6) is 0.945. The third kappa shape index (κ3) is 3.05. The van der Waals surface area contributed by atoms with Gasteiger partial charge in [0.2, 0.25) is 5.91 Å². The van der Waals surface area contributed by atoms with Crippen LogP contribution in [-0.2, 0) is 17.6 Å². The number of thiophene rings is 1. The Bertz CT molecular complexity index is 871. The number of carbonyl (C=O) groups excluding carboxylic acids is 1. The summed E-state index contributed by atoms with van der Waals surface area (Å²) in [7, 11) is 0. The minimum absolute atomic E-state index is 0.00197. The monoisotopic (exact) mass is 335 g/mol. The molecule has 0 bridgehead atoms. The number of benzene rings is 2. The highest BCUT2D eigenvalue weighted by Gasteiger charge is 2.14. The van der Waals surface area contributed by atoms with Crippen molar-refractivity contribution in [2.45, 2.75) is 12.8 Å². The molecule has 1 aromatic heterocycles. The van der Waals surface area contributed by atoms with Crippen LogP contribution in [0.4, 0.5) is 5.69 Å². The van der Waals surface area contributed by atoms with E-state index in [0.29, 0.717) is 6.42 Å². The summed E-state index contributed by atoms with van der Waals surface area (Å²) in [6.07, 6.45) is 1.29. The van der Waals surface area contributed by atoms with E-state index in [0.717, 1.165) is 40.5 Å². The molecule has 4 heteroatoms. The molecule has 3 aromatic rings. The lowest BCUT2D eigenvalue weighted by Gasteiger charge is -2.10. The van der Waals surface area contributed by atoms with Gasteiger partial charge in [-0.3, -0.25) is 4.79 Å². The minimum Gasteiger partial charge on any atom is -0.493 e. The number of amides is 1. The lowest BCUT2D eigenvalue weighted by Crippen LogP contribution is -2.15. The van der Waals surface area contributed by atoms with E-state index in [9.17, 15) is 4.79 Å². The third-order valence-electron chi connectivity index (χ3n) is 4.11. The van der Waals surface area contributed by atoms with Gasteiger partial charge in [0.05, 0.1) is 13.0 Å². The number of para-hydroxylation sites is 1. The summed E-state index contributed by atoms with van der Waals surface area (Å²) in [5.41, 5.74) is 4.13. The lowest BCUT2D eigenvalue weighted by atomic mass is 10.1. The number of hydrogen-bond acceptors (Lipinski definition) is 3. The second-order valence-electron chi connectivity index (χ2n) is 5.79. The highest BCUT2D eigenvalue weighted by Crippen LogP contribution is 2.31. The van der Waals surface area contributed by atoms with E-state index in [-0.39, 0.29) is 5.91 Å². The Morgan fingerprint density at radius 1 is 1.12 bits per heavy atom. The van der Waals surface area contributed by atoms with Crippen molar-refractivity contribution >= 4 is 22.9 Å². The van der Waals surface area contributed by atoms with E-state index in [1.165, 1.54) is 5.56 Å². The van der Waals surface area contributed by atoms with Gasteiger partial charge in [0.1, 0.15) is 5.75 Å². The predicted molar refractivity (Wildman–Crippen MR) is 97.7 cm³/mol. The van der Waals surface area contributed by atoms with Gasteiger partial charge in [-0.1, -0.05) is 36.4 Å². The summed E-state index contributed by atoms with van der Waals surface area (Å²) >= 11 is 1.67. The van der Waals surface area contributed by atoms with Gasteiger partial charge in [-0.25, -0.2) is 0 Å². The fourth-order valence-electron chi connectivity index (χ4n) is 2.97. The SMILES string of the molecule is O=C(Cc1ccc2c(c1)CCO2)Nc1ccccc1-c1cccs1. The number of hydrogen-bond donors (Lipinski definition) is 1. The average Bonchev–Trinajstić information content (AvgIpc) is 3.26. The Hall–Kier alpha value is -2.59. The molecule has 1 aliphatic rings. The maximum Gasteiger partial charge on any atom is 0.228 e. The summed E-state index contributed by atoms with van der Waals surface area (Å²) in [6, 6.07) is 18.0. The standard InChI is InChI=1S/C20H17NO2S/c22-20(13-14-7-8-18-15(12-14)9-10-23-18)21-17-5-2-1-4-16(17)19-6-3-11-24-19/h1-8,11-12H,9-10,13H2,(H,21,22). The van der Waals surface area contributed by atoms with E-state index < -0.39 is 0 Å². The van der Waals surface area contributed by atoms with Crippen molar-refractivity contribution < 1.29 is 9.53 Å². The van der Waals surface area contributed by atoms with E-state index >= 15 is 0 Å². The first-order valence-electron chi connectivity index (χ1n) is 7.97. The Morgan fingerprint density at radius 2 is 2.04 bits per heavy atom. The molecular weight excluding hydrogens is 318 g/mol. The van der Waals surface area contributed by atoms with Crippen molar-refractivity contribution in [1.82, 2.24) is 0 Å². The topological polar surface area (TPSA) is 38.3 Å². The third-order valence-corrected chi connectivity index (χ3v) is 5.01. The molecule has 1 amide bonds. The number of nitrogens with one attached hydrogen (secondary N) is 1. The largest absolute Gasteiger partial charge is 0.493 e. The van der Waals surface area contributed by atoms with Crippen LogP contribution in [-0.4, -0.2) is 12.5 Å². The zero-order chi connectivity index (χ0) is 16.4. The van der Waals surface area contributed by atoms with Crippen LogP contribution < -0.4 is 10.1 Å². The van der Waals surface area contributed by atoms with Gasteiger partial charge in [0, 0.05) is 22.5 Å². The quantitative estimate of drug-likeness (QED) is 0.760. The van der Waals surface area contributed by atoms with Crippen molar-refractivity contribution in [2.75, 3.05) is 11.9 Å². The van der Waals surface area contributed by atoms with Gasteiger partial charge >= 0.3 is 0 Å². The summed E-state index contributed by atoms with van der Waals surface area (Å²) < 4.78 is 5.51. The van der Waals surface area contributed by atoms with Crippen LogP contribution in [0.1, 0.15) is 11.1 Å². The first-order chi connectivity index (χ1) is 11.8. The Balaban J connectivity index is 1.51. The summed E-state index contributed by atoms with van der Waals surface area (Å²) in [5, 5.41) is 5.09. The second-order valence-corrected chi connectivity index (χ2v) is 6.74. The first-order valence-corrected chi connectivity index (χ1v) is 8.85. The molecular formula is C20H17NO2S. The fourth-order valence-corrected chi connectivity index (χ4v) is 3.73. The molecule has 1 aliphatic heterocycles. The highest BCUT2D eigenvalue weighted by molar-refractivity contribution is 7.13. The Morgan fingerprint density at radius 3 is 2.92 bits per heavy atom. The van der Waals surface area contributed by atoms with Crippen molar-refractivity contribution in [1.29, 1.82) is 0 Å². The predicted octanol–water partition coefficient (Wildman–Crippen LogP) is 4.53. The molecule has 0 fully saturated rings. The van der Waals surface area contributed by atoms with Crippen molar-refractivity contribution in [2.24, 2.45) is 0 Å². The first kappa shape index (κ1) is 15.0. The van der Waals surface area contributed by atoms with Crippen molar-refractivity contribution in [3.8, 4) is 16.2 Å². The van der Waals surface area contributed by atoms with Gasteiger partial charge in [-0.15, -0.1) is 11.3 Å². The number of carbonyl (C=O) groups is 1. The maximum atomic E-state index is 12.5. The van der Waals surface area contributed by atoms with Gasteiger partial charge in [-0.05, 0) is 34.7 Å². The molecule has 2 aromatic carbocycles. The molecule has 1 N–H and O–H groups in total. The van der Waals surface area contributed by atoms with Crippen LogP contribution >= 0.6 is 11.3 Å². The lowest BCUT2D eigenvalue weighted by molar-refractivity contribution is -0.115. The van der Waals surface area contributed by atoms with E-state index in [4.69, 9.17) is 4.74 Å². The smallest absolute Gasteiger partial charge is 0.228 e. The molecule has 4 rings (SSSR count). The minimum atomic E-state index is -0.00197. The van der Waals surface area contributed by atoms with Crippen molar-refractivity contribution in [3.05, 3.63) is 71.1 Å². The van der Waals surface area contributed by atoms with Gasteiger partial charge in [-0.2, -0.15) is 0 Å². The molecule has 0 saturated heterocycles. The fraction of sp³-hybridized carbons (Fsp3) is 0.150. The Labute approximate surface area is 144 Å². The van der Waals surface area contributed by atoms with Gasteiger partial charge in [0.15, 0.2) is 0 Å². The van der Waals surface area contributed by atoms with Crippen LogP contribution in [0, 0.1) is 0 Å². The summed E-state index contributed by atoms with van der Waals surface area (Å²) in [4.78, 5) is 13.6. The average molecular weight is 335 g/mol. The van der Waals surface area contributed by atoms with E-state index in [2.05, 4.69) is 17.4 Å². The molecule has 24 heavy (non-hydrogen) atoms. The Kier molecular flexibility index (Phi) is 4.05. The molecule has 120 valence electrons. The molecule has 0 unspecified atom stereocenters. The van der Waals surface area contributed by atoms with Crippen LogP contribution in [0.2, 0.25) is 0 Å². The van der Waals surface area contributed by atoms with Gasteiger partial charge in [0.25, 0.3) is 0 Å². The molecule has 3 nitrogen and oxygen atoms in total. The van der Waals surface area contributed by atoms with Crippen molar-refractivity contribution in [3.63, 3.8) is 0 Å². The molecule has 0 spiro atoms. The zero-order valence-electron chi connectivity index (χ0n) is 13.1. The molecule has 0 saturated carbocycles. The van der Waals surface area contributed by atoms with Crippen LogP contribution in [0.25, 0.3) is 10.4 Å². The maximum absolute atomic E-state index is 12.5. The van der Waals surface area contributed by atoms with E-state index in [1.807, 2.05) is 47.8 Å².